The molecule has 0 bridgehead atoms. The minimum absolute atomic E-state index is 0.00619. The van der Waals surface area contributed by atoms with Crippen LogP contribution in [0.5, 0.6) is 11.5 Å². The molecule has 13 N–H and O–H groups in total. The molecule has 0 aliphatic carbocycles. The molecule has 0 radical (unpaired) electrons. The number of nitrogens with two attached hydrogens (primary N) is 3. The van der Waals surface area contributed by atoms with Crippen LogP contribution >= 0.6 is 0 Å². The maximum absolute atomic E-state index is 13.5. The second-order valence-corrected chi connectivity index (χ2v) is 9.98. The van der Waals surface area contributed by atoms with Crippen molar-refractivity contribution in [1.82, 2.24) is 16.0 Å². The summed E-state index contributed by atoms with van der Waals surface area (Å²) < 4.78 is 0. The Labute approximate surface area is 248 Å². The fourth-order valence-corrected chi connectivity index (χ4v) is 4.02. The lowest BCUT2D eigenvalue weighted by molar-refractivity contribution is -0.145. The third-order valence-corrected chi connectivity index (χ3v) is 6.36. The number of nitrogens with zero attached hydrogens (tertiary/aromatic N) is 1. The van der Waals surface area contributed by atoms with Gasteiger partial charge in [-0.25, -0.2) is 4.79 Å². The molecule has 3 amide bonds. The Kier molecular flexibility index (Phi) is 13.2. The number of guanidine groups is 1. The van der Waals surface area contributed by atoms with Gasteiger partial charge in [0.15, 0.2) is 12.0 Å². The third-order valence-electron chi connectivity index (χ3n) is 6.36. The Morgan fingerprint density at radius 2 is 1.28 bits per heavy atom. The van der Waals surface area contributed by atoms with Crippen molar-refractivity contribution in [2.75, 3.05) is 6.54 Å². The van der Waals surface area contributed by atoms with Crippen LogP contribution in [-0.4, -0.2) is 86.9 Å². The van der Waals surface area contributed by atoms with Crippen LogP contribution in [-0.2, 0) is 32.0 Å². The van der Waals surface area contributed by atoms with Crippen molar-refractivity contribution in [3.8, 4) is 11.5 Å². The number of benzene rings is 2. The number of carbonyl (C=O) groups is 4. The highest BCUT2D eigenvalue weighted by Gasteiger charge is 2.32. The van der Waals surface area contributed by atoms with Crippen LogP contribution < -0.4 is 33.2 Å². The molecule has 0 aromatic heterocycles. The van der Waals surface area contributed by atoms with Crippen LogP contribution in [0.25, 0.3) is 0 Å². The third kappa shape index (κ3) is 11.9. The Bertz CT molecular complexity index is 1260. The number of aromatic hydroxyl groups is 2. The summed E-state index contributed by atoms with van der Waals surface area (Å²) in [5.74, 6) is -3.93. The first-order chi connectivity index (χ1) is 20.3. The standard InChI is InChI=1S/C28H39N7O8/c1-15(36)23(27(42)43)35-25(40)21(3-2-12-32-28(30)31)33-26(41)22(14-17-6-10-19(38)11-7-17)34-24(39)20(29)13-16-4-8-18(37)9-5-16/h4-11,15,20-23,36-38H,2-3,12-14,29H2,1H3,(H,33,41)(H,34,39)(H,35,40)(H,42,43)(H4,30,31,32). The number of rotatable bonds is 16. The highest BCUT2D eigenvalue weighted by atomic mass is 16.4. The van der Waals surface area contributed by atoms with Crippen LogP contribution in [0.2, 0.25) is 0 Å². The van der Waals surface area contributed by atoms with Crippen LogP contribution in [0.1, 0.15) is 30.9 Å². The van der Waals surface area contributed by atoms with Gasteiger partial charge in [0.05, 0.1) is 12.1 Å². The summed E-state index contributed by atoms with van der Waals surface area (Å²) in [5.41, 5.74) is 18.0. The van der Waals surface area contributed by atoms with Gasteiger partial charge in [0.2, 0.25) is 17.7 Å². The second kappa shape index (κ2) is 16.5. The highest BCUT2D eigenvalue weighted by Crippen LogP contribution is 2.14. The number of aliphatic imine (C=N–C) groups is 1. The SMILES string of the molecule is CC(O)C(NC(=O)C(CCCN=C(N)N)NC(=O)C(Cc1ccc(O)cc1)NC(=O)C(N)Cc1ccc(O)cc1)C(=O)O. The van der Waals surface area contributed by atoms with Gasteiger partial charge < -0.3 is 53.6 Å². The lowest BCUT2D eigenvalue weighted by Crippen LogP contribution is -2.58. The Morgan fingerprint density at radius 3 is 1.77 bits per heavy atom. The number of carboxylic acid groups (broad SMARTS) is 1. The van der Waals surface area contributed by atoms with Crippen molar-refractivity contribution in [2.24, 2.45) is 22.2 Å². The predicted octanol–water partition coefficient (Wildman–Crippen LogP) is -1.82. The quantitative estimate of drug-likeness (QED) is 0.0581. The number of phenols is 2. The zero-order valence-corrected chi connectivity index (χ0v) is 23.6. The molecule has 5 unspecified atom stereocenters. The molecule has 0 aliphatic heterocycles. The number of aliphatic hydroxyl groups is 1. The number of aliphatic carboxylic acids is 1. The predicted molar refractivity (Wildman–Crippen MR) is 157 cm³/mol. The average molecular weight is 602 g/mol. The first kappa shape index (κ1) is 34.3. The molecule has 2 rings (SSSR count). The Hall–Kier alpha value is -4.89. The number of nitrogens with one attached hydrogen (secondary N) is 3. The molecule has 0 saturated heterocycles. The maximum atomic E-state index is 13.5. The Morgan fingerprint density at radius 1 is 0.791 bits per heavy atom. The normalized spacial score (nSPS) is 14.3. The summed E-state index contributed by atoms with van der Waals surface area (Å²) in [6, 6.07) is 6.80. The van der Waals surface area contributed by atoms with E-state index in [0.717, 1.165) is 0 Å². The number of phenolic OH excluding ortho intramolecular Hbond substituents is 2. The summed E-state index contributed by atoms with van der Waals surface area (Å²) in [4.78, 5) is 55.0. The second-order valence-electron chi connectivity index (χ2n) is 9.98. The van der Waals surface area contributed by atoms with Crippen molar-refractivity contribution >= 4 is 29.7 Å². The summed E-state index contributed by atoms with van der Waals surface area (Å²) in [6.07, 6.45) is -1.17. The number of hydrogen-bond donors (Lipinski definition) is 10. The van der Waals surface area contributed by atoms with Crippen LogP contribution in [0.4, 0.5) is 0 Å². The van der Waals surface area contributed by atoms with Gasteiger partial charge in [-0.05, 0) is 61.6 Å². The molecule has 0 saturated carbocycles. The fourth-order valence-electron chi connectivity index (χ4n) is 4.02. The maximum Gasteiger partial charge on any atom is 0.328 e. The smallest absolute Gasteiger partial charge is 0.328 e. The molecule has 0 heterocycles. The van der Waals surface area contributed by atoms with Gasteiger partial charge in [-0.3, -0.25) is 19.4 Å². The fraction of sp³-hybridized carbons (Fsp3) is 0.393. The lowest BCUT2D eigenvalue weighted by Gasteiger charge is -2.26. The van der Waals surface area contributed by atoms with Gasteiger partial charge in [0, 0.05) is 13.0 Å². The van der Waals surface area contributed by atoms with E-state index in [0.29, 0.717) is 11.1 Å². The molecule has 0 fully saturated rings. The van der Waals surface area contributed by atoms with Crippen molar-refractivity contribution in [1.29, 1.82) is 0 Å². The van der Waals surface area contributed by atoms with Crippen LogP contribution in [0.3, 0.4) is 0 Å². The molecule has 2 aromatic rings. The minimum atomic E-state index is -1.64. The first-order valence-corrected chi connectivity index (χ1v) is 13.5. The van der Waals surface area contributed by atoms with Gasteiger partial charge in [-0.1, -0.05) is 24.3 Å². The van der Waals surface area contributed by atoms with Gasteiger partial charge in [-0.15, -0.1) is 0 Å². The van der Waals surface area contributed by atoms with Crippen molar-refractivity contribution in [3.63, 3.8) is 0 Å². The van der Waals surface area contributed by atoms with Crippen LogP contribution in [0.15, 0.2) is 53.5 Å². The van der Waals surface area contributed by atoms with E-state index in [4.69, 9.17) is 17.2 Å². The summed E-state index contributed by atoms with van der Waals surface area (Å²) >= 11 is 0. The average Bonchev–Trinajstić information content (AvgIpc) is 2.94. The lowest BCUT2D eigenvalue weighted by atomic mass is 10.0. The van der Waals surface area contributed by atoms with E-state index in [1.807, 2.05) is 0 Å². The molecule has 5 atom stereocenters. The number of aliphatic hydroxyl groups excluding tert-OH is 1. The molecule has 0 spiro atoms. The molecule has 0 aliphatic rings. The van der Waals surface area contributed by atoms with Crippen molar-refractivity contribution < 1.29 is 39.6 Å². The van der Waals surface area contributed by atoms with Crippen molar-refractivity contribution in [2.45, 2.75) is 62.9 Å². The van der Waals surface area contributed by atoms with Gasteiger partial charge in [0.25, 0.3) is 0 Å². The number of carboxylic acids is 1. The summed E-state index contributed by atoms with van der Waals surface area (Å²) in [7, 11) is 0. The molecule has 43 heavy (non-hydrogen) atoms. The topological polar surface area (TPSA) is 276 Å². The number of hydrogen-bond acceptors (Lipinski definition) is 9. The monoisotopic (exact) mass is 601 g/mol. The van der Waals surface area contributed by atoms with Crippen LogP contribution in [0, 0.1) is 0 Å². The van der Waals surface area contributed by atoms with E-state index in [9.17, 15) is 39.6 Å². The molecule has 2 aromatic carbocycles. The molecular weight excluding hydrogens is 562 g/mol. The van der Waals surface area contributed by atoms with E-state index in [1.165, 1.54) is 31.2 Å². The number of amides is 3. The number of carbonyl (C=O) groups excluding carboxylic acids is 3. The van der Waals surface area contributed by atoms with E-state index >= 15 is 0 Å². The summed E-state index contributed by atoms with van der Waals surface area (Å²) in [6.45, 7) is 1.30. The minimum Gasteiger partial charge on any atom is -0.508 e. The zero-order valence-electron chi connectivity index (χ0n) is 23.6. The molecular formula is C28H39N7O8. The molecule has 15 nitrogen and oxygen atoms in total. The van der Waals surface area contributed by atoms with E-state index in [1.54, 1.807) is 24.3 Å². The van der Waals surface area contributed by atoms with E-state index in [-0.39, 0.29) is 49.7 Å². The largest absolute Gasteiger partial charge is 0.508 e. The first-order valence-electron chi connectivity index (χ1n) is 13.5. The van der Waals surface area contributed by atoms with Gasteiger partial charge >= 0.3 is 5.97 Å². The van der Waals surface area contributed by atoms with Gasteiger partial charge in [0.1, 0.15) is 23.6 Å². The summed E-state index contributed by atoms with van der Waals surface area (Å²) in [5, 5.41) is 45.7. The van der Waals surface area contributed by atoms with E-state index in [2.05, 4.69) is 20.9 Å². The zero-order chi connectivity index (χ0) is 32.1. The van der Waals surface area contributed by atoms with Gasteiger partial charge in [-0.2, -0.15) is 0 Å². The van der Waals surface area contributed by atoms with E-state index < -0.39 is 54.0 Å². The molecule has 15 heteroatoms. The van der Waals surface area contributed by atoms with Crippen molar-refractivity contribution in [3.05, 3.63) is 59.7 Å². The molecule has 234 valence electrons. The highest BCUT2D eigenvalue weighted by molar-refractivity contribution is 5.94. The Balaban J connectivity index is 2.27.